The van der Waals surface area contributed by atoms with E-state index in [0.717, 1.165) is 42.9 Å². The molecule has 1 saturated heterocycles. The molecule has 0 aromatic heterocycles. The number of hydrogen-bond acceptors (Lipinski definition) is 3. The van der Waals surface area contributed by atoms with Crippen LogP contribution in [0.25, 0.3) is 0 Å². The van der Waals surface area contributed by atoms with Crippen molar-refractivity contribution in [2.75, 3.05) is 31.1 Å². The van der Waals surface area contributed by atoms with Crippen LogP contribution < -0.4 is 10.2 Å². The number of benzene rings is 1. The zero-order valence-electron chi connectivity index (χ0n) is 13.0. The van der Waals surface area contributed by atoms with Gasteiger partial charge in [-0.1, -0.05) is 0 Å². The van der Waals surface area contributed by atoms with Crippen LogP contribution in [0.5, 0.6) is 0 Å². The second-order valence-electron chi connectivity index (χ2n) is 5.82. The van der Waals surface area contributed by atoms with Crippen LogP contribution in [0.1, 0.15) is 29.8 Å². The third-order valence-electron chi connectivity index (χ3n) is 4.36. The SMILES string of the molecule is CC(=O)N1CCc2cc(C(=O)N3CCNC[C@@H]3C)ccc21.Cl. The highest BCUT2D eigenvalue weighted by Gasteiger charge is 2.27. The summed E-state index contributed by atoms with van der Waals surface area (Å²) in [6, 6.07) is 5.92. The van der Waals surface area contributed by atoms with Gasteiger partial charge in [0.25, 0.3) is 5.91 Å². The summed E-state index contributed by atoms with van der Waals surface area (Å²) in [6.45, 7) is 6.79. The number of hydrogen-bond donors (Lipinski definition) is 1. The Kier molecular flexibility index (Phi) is 5.08. The van der Waals surface area contributed by atoms with E-state index >= 15 is 0 Å². The zero-order chi connectivity index (χ0) is 15.0. The molecule has 2 amide bonds. The second kappa shape index (κ2) is 6.67. The van der Waals surface area contributed by atoms with Crippen molar-refractivity contribution in [3.8, 4) is 0 Å². The molecule has 0 unspecified atom stereocenters. The number of nitrogens with one attached hydrogen (secondary N) is 1. The number of piperazine rings is 1. The molecule has 1 aromatic carbocycles. The van der Waals surface area contributed by atoms with Crippen LogP contribution in [-0.2, 0) is 11.2 Å². The normalized spacial score (nSPS) is 20.4. The van der Waals surface area contributed by atoms with Crippen molar-refractivity contribution >= 4 is 29.9 Å². The van der Waals surface area contributed by atoms with Crippen LogP contribution in [0.3, 0.4) is 0 Å². The first-order valence-corrected chi connectivity index (χ1v) is 7.50. The van der Waals surface area contributed by atoms with Gasteiger partial charge in [-0.25, -0.2) is 0 Å². The van der Waals surface area contributed by atoms with Gasteiger partial charge in [0.05, 0.1) is 0 Å². The molecule has 1 aromatic rings. The van der Waals surface area contributed by atoms with Gasteiger partial charge < -0.3 is 15.1 Å². The molecule has 0 radical (unpaired) electrons. The molecule has 2 heterocycles. The van der Waals surface area contributed by atoms with Gasteiger partial charge >= 0.3 is 0 Å². The molecule has 2 aliphatic heterocycles. The topological polar surface area (TPSA) is 52.7 Å². The predicted molar refractivity (Wildman–Crippen MR) is 88.8 cm³/mol. The molecule has 6 heteroatoms. The molecule has 120 valence electrons. The van der Waals surface area contributed by atoms with E-state index in [0.29, 0.717) is 6.54 Å². The molecule has 0 saturated carbocycles. The summed E-state index contributed by atoms with van der Waals surface area (Å²) in [5.74, 6) is 0.150. The summed E-state index contributed by atoms with van der Waals surface area (Å²) < 4.78 is 0. The van der Waals surface area contributed by atoms with Crippen LogP contribution in [0, 0.1) is 0 Å². The first-order valence-electron chi connectivity index (χ1n) is 7.50. The largest absolute Gasteiger partial charge is 0.333 e. The fourth-order valence-corrected chi connectivity index (χ4v) is 3.17. The summed E-state index contributed by atoms with van der Waals surface area (Å²) in [5.41, 5.74) is 2.78. The number of nitrogens with zero attached hydrogens (tertiary/aromatic N) is 2. The molecule has 1 N–H and O–H groups in total. The lowest BCUT2D eigenvalue weighted by molar-refractivity contribution is -0.116. The van der Waals surface area contributed by atoms with Gasteiger partial charge in [0, 0.05) is 50.4 Å². The van der Waals surface area contributed by atoms with Gasteiger partial charge in [-0.2, -0.15) is 0 Å². The van der Waals surface area contributed by atoms with Gasteiger partial charge in [0.1, 0.15) is 0 Å². The summed E-state index contributed by atoms with van der Waals surface area (Å²) >= 11 is 0. The summed E-state index contributed by atoms with van der Waals surface area (Å²) in [5, 5.41) is 3.29. The van der Waals surface area contributed by atoms with Gasteiger partial charge in [0.15, 0.2) is 0 Å². The lowest BCUT2D eigenvalue weighted by Gasteiger charge is -2.34. The van der Waals surface area contributed by atoms with E-state index in [-0.39, 0.29) is 30.3 Å². The number of carbonyl (C=O) groups is 2. The fourth-order valence-electron chi connectivity index (χ4n) is 3.17. The average Bonchev–Trinajstić information content (AvgIpc) is 2.90. The monoisotopic (exact) mass is 323 g/mol. The van der Waals surface area contributed by atoms with Crippen molar-refractivity contribution in [1.82, 2.24) is 10.2 Å². The lowest BCUT2D eigenvalue weighted by Crippen LogP contribution is -2.52. The maximum absolute atomic E-state index is 12.6. The third kappa shape index (κ3) is 2.96. The van der Waals surface area contributed by atoms with E-state index in [1.165, 1.54) is 0 Å². The molecule has 1 fully saturated rings. The number of fused-ring (bicyclic) bond motifs is 1. The van der Waals surface area contributed by atoms with Crippen molar-refractivity contribution < 1.29 is 9.59 Å². The van der Waals surface area contributed by atoms with Gasteiger partial charge in [-0.3, -0.25) is 9.59 Å². The smallest absolute Gasteiger partial charge is 0.254 e. The van der Waals surface area contributed by atoms with E-state index in [1.54, 1.807) is 11.8 Å². The van der Waals surface area contributed by atoms with Gasteiger partial charge in [0.2, 0.25) is 5.91 Å². The van der Waals surface area contributed by atoms with Crippen LogP contribution >= 0.6 is 12.4 Å². The van der Waals surface area contributed by atoms with Crippen LogP contribution in [0.4, 0.5) is 5.69 Å². The van der Waals surface area contributed by atoms with E-state index in [9.17, 15) is 9.59 Å². The maximum atomic E-state index is 12.6. The predicted octanol–water partition coefficient (Wildman–Crippen LogP) is 1.45. The van der Waals surface area contributed by atoms with Crippen molar-refractivity contribution in [3.05, 3.63) is 29.3 Å². The lowest BCUT2D eigenvalue weighted by atomic mass is 10.1. The van der Waals surface area contributed by atoms with Crippen molar-refractivity contribution in [2.24, 2.45) is 0 Å². The molecule has 2 aliphatic rings. The molecule has 22 heavy (non-hydrogen) atoms. The molecule has 0 aliphatic carbocycles. The Labute approximate surface area is 137 Å². The highest BCUT2D eigenvalue weighted by Crippen LogP contribution is 2.29. The maximum Gasteiger partial charge on any atom is 0.254 e. The summed E-state index contributed by atoms with van der Waals surface area (Å²) in [7, 11) is 0. The van der Waals surface area contributed by atoms with E-state index in [4.69, 9.17) is 0 Å². The second-order valence-corrected chi connectivity index (χ2v) is 5.82. The Bertz CT molecular complexity index is 591. The Morgan fingerprint density at radius 2 is 2.05 bits per heavy atom. The van der Waals surface area contributed by atoms with Crippen LogP contribution in [-0.4, -0.2) is 48.9 Å². The minimum Gasteiger partial charge on any atom is -0.333 e. The molecule has 1 atom stereocenters. The van der Waals surface area contributed by atoms with Gasteiger partial charge in [-0.05, 0) is 37.1 Å². The number of carbonyl (C=O) groups excluding carboxylic acids is 2. The standard InChI is InChI=1S/C16H21N3O2.ClH/c1-11-10-17-6-8-18(11)16(21)14-3-4-15-13(9-14)5-7-19(15)12(2)20;/h3-4,9,11,17H,5-8,10H2,1-2H3;1H/t11-;/m0./s1. The average molecular weight is 324 g/mol. The first-order chi connectivity index (χ1) is 10.1. The Morgan fingerprint density at radius 1 is 1.27 bits per heavy atom. The highest BCUT2D eigenvalue weighted by molar-refractivity contribution is 5.98. The molecule has 5 nitrogen and oxygen atoms in total. The molecule has 0 spiro atoms. The summed E-state index contributed by atoms with van der Waals surface area (Å²) in [6.07, 6.45) is 0.827. The molecular weight excluding hydrogens is 302 g/mol. The Balaban J connectivity index is 0.00000176. The van der Waals surface area contributed by atoms with Crippen LogP contribution in [0.15, 0.2) is 18.2 Å². The molecule has 0 bridgehead atoms. The number of amides is 2. The first kappa shape index (κ1) is 16.8. The minimum atomic E-state index is 0. The van der Waals surface area contributed by atoms with Gasteiger partial charge in [-0.15, -0.1) is 12.4 Å². The molecular formula is C16H22ClN3O2. The Hall–Kier alpha value is -1.59. The minimum absolute atomic E-state index is 0. The number of halogens is 1. The van der Waals surface area contributed by atoms with E-state index in [2.05, 4.69) is 12.2 Å². The summed E-state index contributed by atoms with van der Waals surface area (Å²) in [4.78, 5) is 27.9. The highest BCUT2D eigenvalue weighted by atomic mass is 35.5. The fraction of sp³-hybridized carbons (Fsp3) is 0.500. The van der Waals surface area contributed by atoms with E-state index < -0.39 is 0 Å². The number of anilines is 1. The van der Waals surface area contributed by atoms with Crippen molar-refractivity contribution in [1.29, 1.82) is 0 Å². The van der Waals surface area contributed by atoms with Crippen molar-refractivity contribution in [3.63, 3.8) is 0 Å². The van der Waals surface area contributed by atoms with Crippen molar-refractivity contribution in [2.45, 2.75) is 26.3 Å². The third-order valence-corrected chi connectivity index (χ3v) is 4.36. The quantitative estimate of drug-likeness (QED) is 0.851. The van der Waals surface area contributed by atoms with E-state index in [1.807, 2.05) is 23.1 Å². The molecule has 3 rings (SSSR count). The number of rotatable bonds is 1. The van der Waals surface area contributed by atoms with Crippen LogP contribution in [0.2, 0.25) is 0 Å². The zero-order valence-corrected chi connectivity index (χ0v) is 13.8. The Morgan fingerprint density at radius 3 is 2.73 bits per heavy atom.